The van der Waals surface area contributed by atoms with Crippen LogP contribution in [0.3, 0.4) is 0 Å². The topological polar surface area (TPSA) is 96.9 Å². The summed E-state index contributed by atoms with van der Waals surface area (Å²) < 4.78 is 10.3. The summed E-state index contributed by atoms with van der Waals surface area (Å²) in [5.74, 6) is -0.233. The highest BCUT2D eigenvalue weighted by atomic mass is 16.5. The lowest BCUT2D eigenvalue weighted by atomic mass is 10.1. The molecule has 1 rings (SSSR count). The molecule has 1 aromatic carbocycles. The van der Waals surface area contributed by atoms with Gasteiger partial charge in [-0.2, -0.15) is 0 Å². The Labute approximate surface area is 129 Å². The highest BCUT2D eigenvalue weighted by molar-refractivity contribution is 6.35. The van der Waals surface area contributed by atoms with E-state index < -0.39 is 17.9 Å². The van der Waals surface area contributed by atoms with Gasteiger partial charge in [0.1, 0.15) is 0 Å². The van der Waals surface area contributed by atoms with Crippen molar-refractivity contribution in [1.82, 2.24) is 10.6 Å². The maximum absolute atomic E-state index is 11.5. The van der Waals surface area contributed by atoms with E-state index >= 15 is 0 Å². The van der Waals surface area contributed by atoms with E-state index in [4.69, 9.17) is 14.6 Å². The van der Waals surface area contributed by atoms with Crippen LogP contribution in [0.25, 0.3) is 0 Å². The monoisotopic (exact) mass is 310 g/mol. The molecule has 3 N–H and O–H groups in total. The fourth-order valence-corrected chi connectivity index (χ4v) is 1.76. The van der Waals surface area contributed by atoms with Crippen LogP contribution in [0.2, 0.25) is 0 Å². The zero-order chi connectivity index (χ0) is 16.5. The van der Waals surface area contributed by atoms with Crippen LogP contribution < -0.4 is 20.1 Å². The molecule has 0 aliphatic rings. The van der Waals surface area contributed by atoms with Gasteiger partial charge in [-0.3, -0.25) is 9.59 Å². The van der Waals surface area contributed by atoms with E-state index in [0.29, 0.717) is 24.5 Å². The minimum atomic E-state index is -0.756. The predicted molar refractivity (Wildman–Crippen MR) is 81.0 cm³/mol. The molecular formula is C15H22N2O5. The molecule has 1 atom stereocenters. The number of aliphatic hydroxyl groups excluding tert-OH is 1. The largest absolute Gasteiger partial charge is 0.493 e. The predicted octanol–water partition coefficient (Wildman–Crippen LogP) is -0.140. The second-order valence-corrected chi connectivity index (χ2v) is 4.75. The van der Waals surface area contributed by atoms with Gasteiger partial charge in [-0.25, -0.2) is 0 Å². The number of ether oxygens (including phenoxy) is 2. The molecule has 7 heteroatoms. The van der Waals surface area contributed by atoms with Gasteiger partial charge in [0.25, 0.3) is 0 Å². The molecule has 0 radical (unpaired) electrons. The number of carbonyl (C=O) groups excluding carboxylic acids is 2. The lowest BCUT2D eigenvalue weighted by Gasteiger charge is -2.10. The first kappa shape index (κ1) is 17.8. The molecule has 2 amide bonds. The average molecular weight is 310 g/mol. The summed E-state index contributed by atoms with van der Waals surface area (Å²) in [6.07, 6.45) is -0.140. The van der Waals surface area contributed by atoms with Crippen LogP contribution in [-0.4, -0.2) is 50.3 Å². The van der Waals surface area contributed by atoms with Crippen LogP contribution in [0.5, 0.6) is 11.5 Å². The van der Waals surface area contributed by atoms with E-state index in [1.54, 1.807) is 20.3 Å². The summed E-state index contributed by atoms with van der Waals surface area (Å²) in [6.45, 7) is 1.88. The quantitative estimate of drug-likeness (QED) is 0.609. The van der Waals surface area contributed by atoms with Crippen molar-refractivity contribution in [2.45, 2.75) is 19.4 Å². The van der Waals surface area contributed by atoms with Crippen molar-refractivity contribution in [2.75, 3.05) is 27.3 Å². The second kappa shape index (κ2) is 8.89. The summed E-state index contributed by atoms with van der Waals surface area (Å²) in [4.78, 5) is 22.9. The van der Waals surface area contributed by atoms with E-state index in [1.807, 2.05) is 12.1 Å². The Kier molecular flexibility index (Phi) is 7.18. The van der Waals surface area contributed by atoms with E-state index in [-0.39, 0.29) is 6.54 Å². The van der Waals surface area contributed by atoms with Gasteiger partial charge in [-0.15, -0.1) is 0 Å². The lowest BCUT2D eigenvalue weighted by Crippen LogP contribution is -2.42. The van der Waals surface area contributed by atoms with Gasteiger partial charge in [0.05, 0.1) is 20.3 Å². The van der Waals surface area contributed by atoms with Crippen molar-refractivity contribution in [3.8, 4) is 11.5 Å². The lowest BCUT2D eigenvalue weighted by molar-refractivity contribution is -0.139. The number of carbonyl (C=O) groups is 2. The average Bonchev–Trinajstić information content (AvgIpc) is 2.52. The maximum Gasteiger partial charge on any atom is 0.309 e. The number of aliphatic hydroxyl groups is 1. The highest BCUT2D eigenvalue weighted by Crippen LogP contribution is 2.27. The van der Waals surface area contributed by atoms with Crippen LogP contribution in [-0.2, 0) is 16.0 Å². The van der Waals surface area contributed by atoms with Crippen LogP contribution in [0.4, 0.5) is 0 Å². The second-order valence-electron chi connectivity index (χ2n) is 4.75. The van der Waals surface area contributed by atoms with E-state index in [2.05, 4.69) is 10.6 Å². The first-order valence-corrected chi connectivity index (χ1v) is 6.93. The van der Waals surface area contributed by atoms with Crippen molar-refractivity contribution < 1.29 is 24.2 Å². The van der Waals surface area contributed by atoms with E-state index in [9.17, 15) is 9.59 Å². The van der Waals surface area contributed by atoms with Crippen LogP contribution in [0.15, 0.2) is 18.2 Å². The maximum atomic E-state index is 11.5. The molecule has 122 valence electrons. The molecule has 0 aliphatic carbocycles. The molecule has 22 heavy (non-hydrogen) atoms. The van der Waals surface area contributed by atoms with Crippen LogP contribution >= 0.6 is 0 Å². The molecule has 0 saturated heterocycles. The summed E-state index contributed by atoms with van der Waals surface area (Å²) in [6, 6.07) is 5.46. The minimum Gasteiger partial charge on any atom is -0.493 e. The van der Waals surface area contributed by atoms with E-state index in [1.165, 1.54) is 6.92 Å². The molecule has 7 nitrogen and oxygen atoms in total. The molecule has 0 bridgehead atoms. The van der Waals surface area contributed by atoms with Gasteiger partial charge in [-0.05, 0) is 31.0 Å². The summed E-state index contributed by atoms with van der Waals surface area (Å²) in [7, 11) is 3.11. The number of hydrogen-bond acceptors (Lipinski definition) is 5. The molecular weight excluding hydrogens is 288 g/mol. The summed E-state index contributed by atoms with van der Waals surface area (Å²) >= 11 is 0. The van der Waals surface area contributed by atoms with Crippen LogP contribution in [0.1, 0.15) is 12.5 Å². The standard InChI is InChI=1S/C15H22N2O5/c1-10(18)9-17-15(20)14(19)16-7-6-11-4-5-12(21-2)13(8-11)22-3/h4-5,8,10,18H,6-7,9H2,1-3H3,(H,16,19)(H,17,20)/t10-/m1/s1. The number of amides is 2. The van der Waals surface area contributed by atoms with Crippen molar-refractivity contribution in [3.05, 3.63) is 23.8 Å². The summed E-state index contributed by atoms with van der Waals surface area (Å²) in [5, 5.41) is 13.9. The fourth-order valence-electron chi connectivity index (χ4n) is 1.76. The number of benzene rings is 1. The molecule has 0 aromatic heterocycles. The summed E-state index contributed by atoms with van der Waals surface area (Å²) in [5.41, 5.74) is 0.947. The van der Waals surface area contributed by atoms with Gasteiger partial charge in [0.15, 0.2) is 11.5 Å². The van der Waals surface area contributed by atoms with Crippen molar-refractivity contribution in [3.63, 3.8) is 0 Å². The molecule has 0 saturated carbocycles. The Morgan fingerprint density at radius 1 is 1.14 bits per heavy atom. The Hall–Kier alpha value is -2.28. The third-order valence-corrected chi connectivity index (χ3v) is 2.91. The van der Waals surface area contributed by atoms with E-state index in [0.717, 1.165) is 5.56 Å². The zero-order valence-corrected chi connectivity index (χ0v) is 13.0. The van der Waals surface area contributed by atoms with Crippen LogP contribution in [0, 0.1) is 0 Å². The molecule has 0 spiro atoms. The fraction of sp³-hybridized carbons (Fsp3) is 0.467. The number of methoxy groups -OCH3 is 2. The van der Waals surface area contributed by atoms with Gasteiger partial charge >= 0.3 is 11.8 Å². The van der Waals surface area contributed by atoms with Gasteiger partial charge in [0, 0.05) is 13.1 Å². The highest BCUT2D eigenvalue weighted by Gasteiger charge is 2.13. The Morgan fingerprint density at radius 3 is 2.36 bits per heavy atom. The normalized spacial score (nSPS) is 11.5. The van der Waals surface area contributed by atoms with Crippen molar-refractivity contribution in [1.29, 1.82) is 0 Å². The minimum absolute atomic E-state index is 0.0436. The first-order chi connectivity index (χ1) is 10.5. The zero-order valence-electron chi connectivity index (χ0n) is 13.0. The van der Waals surface area contributed by atoms with Gasteiger partial charge < -0.3 is 25.2 Å². The molecule has 0 heterocycles. The number of hydrogen-bond donors (Lipinski definition) is 3. The third-order valence-electron chi connectivity index (χ3n) is 2.91. The molecule has 0 aliphatic heterocycles. The number of nitrogens with one attached hydrogen (secondary N) is 2. The molecule has 0 fully saturated rings. The molecule has 0 unspecified atom stereocenters. The smallest absolute Gasteiger partial charge is 0.309 e. The number of rotatable bonds is 7. The van der Waals surface area contributed by atoms with Crippen molar-refractivity contribution in [2.24, 2.45) is 0 Å². The third kappa shape index (κ3) is 5.61. The SMILES string of the molecule is COc1ccc(CCNC(=O)C(=O)NC[C@@H](C)O)cc1OC. The Balaban J connectivity index is 2.43. The van der Waals surface area contributed by atoms with Crippen molar-refractivity contribution >= 4 is 11.8 Å². The van der Waals surface area contributed by atoms with Gasteiger partial charge in [0.2, 0.25) is 0 Å². The molecule has 1 aromatic rings. The first-order valence-electron chi connectivity index (χ1n) is 6.93. The Bertz CT molecular complexity index is 517. The Morgan fingerprint density at radius 2 is 1.77 bits per heavy atom. The van der Waals surface area contributed by atoms with Gasteiger partial charge in [-0.1, -0.05) is 6.07 Å².